The summed E-state index contributed by atoms with van der Waals surface area (Å²) in [5.41, 5.74) is 3.60. The van der Waals surface area contributed by atoms with E-state index in [9.17, 15) is 4.79 Å². The number of nitrogens with one attached hydrogen (secondary N) is 1. The minimum absolute atomic E-state index is 0. The van der Waals surface area contributed by atoms with Crippen LogP contribution in [0.1, 0.15) is 11.3 Å². The van der Waals surface area contributed by atoms with Gasteiger partial charge >= 0.3 is 0 Å². The van der Waals surface area contributed by atoms with Crippen LogP contribution in [0.5, 0.6) is 0 Å². The average molecular weight is 322 g/mol. The van der Waals surface area contributed by atoms with Crippen LogP contribution in [-0.4, -0.2) is 15.2 Å². The summed E-state index contributed by atoms with van der Waals surface area (Å²) in [4.78, 5) is 16.2. The summed E-state index contributed by atoms with van der Waals surface area (Å²) in [6, 6.07) is 9.28. The Kier molecular flexibility index (Phi) is 4.30. The van der Waals surface area contributed by atoms with Gasteiger partial charge in [-0.3, -0.25) is 4.79 Å². The second-order valence-electron chi connectivity index (χ2n) is 4.70. The predicted molar refractivity (Wildman–Crippen MR) is 87.3 cm³/mol. The second-order valence-corrected chi connectivity index (χ2v) is 5.13. The van der Waals surface area contributed by atoms with Gasteiger partial charge in [-0.25, -0.2) is 10.1 Å². The van der Waals surface area contributed by atoms with Crippen molar-refractivity contribution < 1.29 is 0 Å². The quantitative estimate of drug-likeness (QED) is 0.743. The van der Waals surface area contributed by atoms with Crippen molar-refractivity contribution in [2.24, 2.45) is 0 Å². The number of fused-ring (bicyclic) bond motifs is 1. The van der Waals surface area contributed by atoms with E-state index in [0.717, 1.165) is 22.2 Å². The lowest BCUT2D eigenvalue weighted by Crippen LogP contribution is -2.12. The monoisotopic (exact) mass is 321 g/mol. The average Bonchev–Trinajstić information content (AvgIpc) is 2.43. The Bertz CT molecular complexity index is 857. The molecule has 0 unspecified atom stereocenters. The number of pyridine rings is 1. The molecule has 1 N–H and O–H groups in total. The van der Waals surface area contributed by atoms with Crippen molar-refractivity contribution in [1.29, 1.82) is 0 Å². The number of hydrogen-bond acceptors (Lipinski definition) is 3. The Morgan fingerprint density at radius 2 is 1.81 bits per heavy atom. The lowest BCUT2D eigenvalue weighted by Gasteiger charge is -2.07. The largest absolute Gasteiger partial charge is 0.290 e. The van der Waals surface area contributed by atoms with Gasteiger partial charge in [0.15, 0.2) is 0 Å². The van der Waals surface area contributed by atoms with E-state index in [4.69, 9.17) is 11.6 Å². The van der Waals surface area contributed by atoms with Gasteiger partial charge in [0, 0.05) is 21.7 Å². The highest BCUT2D eigenvalue weighted by Crippen LogP contribution is 2.25. The van der Waals surface area contributed by atoms with Crippen LogP contribution in [0.3, 0.4) is 0 Å². The Morgan fingerprint density at radius 1 is 1.14 bits per heavy atom. The summed E-state index contributed by atoms with van der Waals surface area (Å²) in [7, 11) is 0. The van der Waals surface area contributed by atoms with Gasteiger partial charge in [0.1, 0.15) is 11.2 Å². The first kappa shape index (κ1) is 15.5. The van der Waals surface area contributed by atoms with Crippen LogP contribution in [0.2, 0.25) is 5.02 Å². The maximum absolute atomic E-state index is 11.9. The zero-order valence-corrected chi connectivity index (χ0v) is 13.0. The molecule has 0 saturated heterocycles. The molecule has 0 radical (unpaired) electrons. The summed E-state index contributed by atoms with van der Waals surface area (Å²) in [6.45, 7) is 3.85. The third kappa shape index (κ3) is 2.77. The lowest BCUT2D eigenvalue weighted by atomic mass is 10.1. The molecule has 108 valence electrons. The maximum atomic E-state index is 11.9. The zero-order chi connectivity index (χ0) is 14.3. The molecule has 3 aromatic rings. The molecule has 0 bridgehead atoms. The molecule has 0 spiro atoms. The zero-order valence-electron chi connectivity index (χ0n) is 11.5. The molecule has 0 saturated carbocycles. The normalized spacial score (nSPS) is 10.4. The van der Waals surface area contributed by atoms with E-state index in [1.165, 1.54) is 0 Å². The van der Waals surface area contributed by atoms with Gasteiger partial charge in [0.25, 0.3) is 5.56 Å². The SMILES string of the molecule is Cc1cc2c(-c3ccc(Cl)cc3)n[nH]c(=O)c2nc1C.Cl. The summed E-state index contributed by atoms with van der Waals surface area (Å²) < 4.78 is 0. The van der Waals surface area contributed by atoms with E-state index in [1.54, 1.807) is 12.1 Å². The smallest absolute Gasteiger partial charge is 0.266 e. The van der Waals surface area contributed by atoms with Gasteiger partial charge in [-0.15, -0.1) is 12.4 Å². The molecule has 0 aliphatic heterocycles. The van der Waals surface area contributed by atoms with E-state index in [2.05, 4.69) is 15.2 Å². The van der Waals surface area contributed by atoms with Crippen molar-refractivity contribution >= 4 is 34.9 Å². The van der Waals surface area contributed by atoms with E-state index >= 15 is 0 Å². The highest BCUT2D eigenvalue weighted by Gasteiger charge is 2.11. The number of benzene rings is 1. The van der Waals surface area contributed by atoms with Crippen molar-refractivity contribution in [1.82, 2.24) is 15.2 Å². The molecule has 4 nitrogen and oxygen atoms in total. The molecular formula is C15H13Cl2N3O. The standard InChI is InChI=1S/C15H12ClN3O.ClH/c1-8-7-12-13(10-3-5-11(16)6-4-10)18-19-15(20)14(12)17-9(8)2;/h3-7H,1-2H3,(H,19,20);1H. The van der Waals surface area contributed by atoms with Crippen molar-refractivity contribution in [3.63, 3.8) is 0 Å². The van der Waals surface area contributed by atoms with Crippen LogP contribution in [0.25, 0.3) is 22.2 Å². The highest BCUT2D eigenvalue weighted by molar-refractivity contribution is 6.30. The summed E-state index contributed by atoms with van der Waals surface area (Å²) in [5.74, 6) is 0. The van der Waals surface area contributed by atoms with Crippen LogP contribution in [-0.2, 0) is 0 Å². The minimum Gasteiger partial charge on any atom is -0.266 e. The number of halogens is 2. The summed E-state index contributed by atoms with van der Waals surface area (Å²) >= 11 is 5.90. The van der Waals surface area contributed by atoms with Crippen molar-refractivity contribution in [3.05, 3.63) is 57.0 Å². The van der Waals surface area contributed by atoms with Gasteiger partial charge in [-0.1, -0.05) is 23.7 Å². The van der Waals surface area contributed by atoms with Gasteiger partial charge in [-0.05, 0) is 37.6 Å². The van der Waals surface area contributed by atoms with Crippen LogP contribution in [0.4, 0.5) is 0 Å². The van der Waals surface area contributed by atoms with Crippen molar-refractivity contribution in [2.45, 2.75) is 13.8 Å². The van der Waals surface area contributed by atoms with Gasteiger partial charge in [0.2, 0.25) is 0 Å². The fourth-order valence-corrected chi connectivity index (χ4v) is 2.23. The summed E-state index contributed by atoms with van der Waals surface area (Å²) in [5, 5.41) is 8.07. The Labute approximate surface area is 132 Å². The molecule has 6 heteroatoms. The van der Waals surface area contributed by atoms with Crippen LogP contribution in [0.15, 0.2) is 35.1 Å². The van der Waals surface area contributed by atoms with Crippen molar-refractivity contribution in [2.75, 3.05) is 0 Å². The van der Waals surface area contributed by atoms with Crippen LogP contribution >= 0.6 is 24.0 Å². The van der Waals surface area contributed by atoms with E-state index in [0.29, 0.717) is 16.2 Å². The molecular weight excluding hydrogens is 309 g/mol. The molecule has 0 fully saturated rings. The molecule has 21 heavy (non-hydrogen) atoms. The number of hydrogen-bond donors (Lipinski definition) is 1. The fourth-order valence-electron chi connectivity index (χ4n) is 2.11. The lowest BCUT2D eigenvalue weighted by molar-refractivity contribution is 1.00. The number of aryl methyl sites for hydroxylation is 2. The first-order valence-corrected chi connectivity index (χ1v) is 6.56. The number of H-pyrrole nitrogens is 1. The minimum atomic E-state index is -0.277. The first-order chi connectivity index (χ1) is 9.56. The molecule has 1 aromatic carbocycles. The van der Waals surface area contributed by atoms with Crippen LogP contribution < -0.4 is 5.56 Å². The predicted octanol–water partition coefficient (Wildman–Crippen LogP) is 3.68. The highest BCUT2D eigenvalue weighted by atomic mass is 35.5. The third-order valence-electron chi connectivity index (χ3n) is 3.32. The van der Waals surface area contributed by atoms with E-state index in [1.807, 2.05) is 32.0 Å². The molecule has 2 aromatic heterocycles. The molecule has 0 atom stereocenters. The Hall–Kier alpha value is -1.91. The second kappa shape index (κ2) is 5.84. The third-order valence-corrected chi connectivity index (χ3v) is 3.58. The maximum Gasteiger partial charge on any atom is 0.290 e. The van der Waals surface area contributed by atoms with Gasteiger partial charge in [-0.2, -0.15) is 5.10 Å². The van der Waals surface area contributed by atoms with Crippen LogP contribution in [0, 0.1) is 13.8 Å². The molecule has 3 rings (SSSR count). The molecule has 2 heterocycles. The van der Waals surface area contributed by atoms with E-state index in [-0.39, 0.29) is 18.0 Å². The fraction of sp³-hybridized carbons (Fsp3) is 0.133. The van der Waals surface area contributed by atoms with Gasteiger partial charge in [0.05, 0.1) is 0 Å². The molecule has 0 amide bonds. The number of nitrogens with zero attached hydrogens (tertiary/aromatic N) is 2. The number of aromatic nitrogens is 3. The molecule has 0 aliphatic rings. The van der Waals surface area contributed by atoms with Gasteiger partial charge < -0.3 is 0 Å². The Balaban J connectivity index is 0.00000161. The van der Waals surface area contributed by atoms with E-state index < -0.39 is 0 Å². The Morgan fingerprint density at radius 3 is 2.48 bits per heavy atom. The first-order valence-electron chi connectivity index (χ1n) is 6.19. The summed E-state index contributed by atoms with van der Waals surface area (Å²) in [6.07, 6.45) is 0. The molecule has 0 aliphatic carbocycles. The number of aromatic amines is 1. The van der Waals surface area contributed by atoms with Crippen molar-refractivity contribution in [3.8, 4) is 11.3 Å². The number of rotatable bonds is 1. The topological polar surface area (TPSA) is 58.6 Å².